The van der Waals surface area contributed by atoms with Gasteiger partial charge in [-0.2, -0.15) is 5.26 Å². The zero-order valence-electron chi connectivity index (χ0n) is 14.0. The molecule has 138 valence electrons. The number of rotatable bonds is 6. The summed E-state index contributed by atoms with van der Waals surface area (Å²) in [7, 11) is 0. The van der Waals surface area contributed by atoms with Crippen molar-refractivity contribution in [2.45, 2.75) is 0 Å². The fourth-order valence-electron chi connectivity index (χ4n) is 1.93. The minimum Gasteiger partial charge on any atom is -0.362 e. The van der Waals surface area contributed by atoms with Crippen LogP contribution in [0.3, 0.4) is 0 Å². The predicted octanol–water partition coefficient (Wildman–Crippen LogP) is 1.11. The summed E-state index contributed by atoms with van der Waals surface area (Å²) in [6, 6.07) is 13.1. The lowest BCUT2D eigenvalue weighted by Gasteiger charge is -2.08. The number of nitrogens with one attached hydrogen (secondary N) is 3. The maximum absolute atomic E-state index is 13.0. The fourth-order valence-corrected chi connectivity index (χ4v) is 1.93. The lowest BCUT2D eigenvalue weighted by atomic mass is 10.2. The van der Waals surface area contributed by atoms with Crippen molar-refractivity contribution in [2.24, 2.45) is 0 Å². The molecule has 0 spiro atoms. The van der Waals surface area contributed by atoms with E-state index in [1.165, 1.54) is 18.2 Å². The van der Waals surface area contributed by atoms with Gasteiger partial charge in [-0.3, -0.25) is 25.2 Å². The molecule has 8 nitrogen and oxygen atoms in total. The second-order valence-corrected chi connectivity index (χ2v) is 5.24. The first-order valence-electron chi connectivity index (χ1n) is 7.70. The number of hydrogen-bond donors (Lipinski definition) is 3. The number of benzene rings is 2. The number of carbonyl (C=O) groups excluding carboxylic acids is 3. The summed E-state index contributed by atoms with van der Waals surface area (Å²) in [6.07, 6.45) is 0. The Morgan fingerprint density at radius 3 is 2.37 bits per heavy atom. The smallest absolute Gasteiger partial charge is 0.269 e. The summed E-state index contributed by atoms with van der Waals surface area (Å²) in [4.78, 5) is 35.0. The van der Waals surface area contributed by atoms with E-state index in [4.69, 9.17) is 10.00 Å². The molecule has 0 aliphatic carbocycles. The van der Waals surface area contributed by atoms with E-state index in [9.17, 15) is 18.8 Å². The standard InChI is InChI=1S/C18H15FN4O4/c19-14-3-1-2-13(8-14)18(26)23-22-17(25)11-27-10-16(24)21-15-6-4-12(9-20)5-7-15/h1-8H,10-11H2,(H,21,24)(H,22,25)(H,23,26). The Kier molecular flexibility index (Phi) is 6.99. The topological polar surface area (TPSA) is 120 Å². The van der Waals surface area contributed by atoms with Gasteiger partial charge in [0.05, 0.1) is 11.6 Å². The van der Waals surface area contributed by atoms with Gasteiger partial charge in [-0.15, -0.1) is 0 Å². The minimum absolute atomic E-state index is 0.0398. The van der Waals surface area contributed by atoms with Gasteiger partial charge in [0, 0.05) is 11.3 Å². The summed E-state index contributed by atoms with van der Waals surface area (Å²) in [5.74, 6) is -2.45. The summed E-state index contributed by atoms with van der Waals surface area (Å²) >= 11 is 0. The van der Waals surface area contributed by atoms with Crippen LogP contribution in [-0.2, 0) is 14.3 Å². The largest absolute Gasteiger partial charge is 0.362 e. The van der Waals surface area contributed by atoms with Crippen molar-refractivity contribution in [2.75, 3.05) is 18.5 Å². The summed E-state index contributed by atoms with van der Waals surface area (Å²) in [6.45, 7) is -0.852. The van der Waals surface area contributed by atoms with Crippen LogP contribution in [0, 0.1) is 17.1 Å². The van der Waals surface area contributed by atoms with Crippen molar-refractivity contribution < 1.29 is 23.5 Å². The van der Waals surface area contributed by atoms with Gasteiger partial charge in [0.2, 0.25) is 5.91 Å². The maximum Gasteiger partial charge on any atom is 0.269 e. The molecule has 27 heavy (non-hydrogen) atoms. The highest BCUT2D eigenvalue weighted by atomic mass is 19.1. The van der Waals surface area contributed by atoms with Crippen LogP contribution < -0.4 is 16.2 Å². The highest BCUT2D eigenvalue weighted by molar-refractivity contribution is 5.95. The zero-order chi connectivity index (χ0) is 19.6. The molecule has 0 unspecified atom stereocenters. The number of carbonyl (C=O) groups is 3. The molecule has 9 heteroatoms. The van der Waals surface area contributed by atoms with Crippen LogP contribution in [0.15, 0.2) is 48.5 Å². The summed E-state index contributed by atoms with van der Waals surface area (Å²) in [5, 5.41) is 11.2. The van der Waals surface area contributed by atoms with Crippen molar-refractivity contribution >= 4 is 23.4 Å². The number of ether oxygens (including phenoxy) is 1. The van der Waals surface area contributed by atoms with Crippen LogP contribution in [0.1, 0.15) is 15.9 Å². The Bertz CT molecular complexity index is 878. The second kappa shape index (κ2) is 9.65. The Hall–Kier alpha value is -3.77. The highest BCUT2D eigenvalue weighted by Crippen LogP contribution is 2.08. The van der Waals surface area contributed by atoms with Gasteiger partial charge in [0.1, 0.15) is 19.0 Å². The molecule has 0 aliphatic rings. The third-order valence-corrected chi connectivity index (χ3v) is 3.17. The van der Waals surface area contributed by atoms with Gasteiger partial charge >= 0.3 is 0 Å². The van der Waals surface area contributed by atoms with Crippen LogP contribution in [0.25, 0.3) is 0 Å². The average molecular weight is 370 g/mol. The van der Waals surface area contributed by atoms with Gasteiger partial charge in [0.25, 0.3) is 11.8 Å². The van der Waals surface area contributed by atoms with E-state index in [0.717, 1.165) is 6.07 Å². The van der Waals surface area contributed by atoms with Crippen molar-refractivity contribution in [3.63, 3.8) is 0 Å². The van der Waals surface area contributed by atoms with E-state index in [2.05, 4.69) is 16.2 Å². The molecule has 0 bridgehead atoms. The molecule has 0 aromatic heterocycles. The molecule has 0 atom stereocenters. The molecule has 2 aromatic rings. The number of anilines is 1. The third-order valence-electron chi connectivity index (χ3n) is 3.17. The number of halogens is 1. The van der Waals surface area contributed by atoms with Gasteiger partial charge in [-0.25, -0.2) is 4.39 Å². The summed E-state index contributed by atoms with van der Waals surface area (Å²) < 4.78 is 18.0. The molecule has 0 radical (unpaired) electrons. The molecule has 0 saturated heterocycles. The minimum atomic E-state index is -0.693. The van der Waals surface area contributed by atoms with Crippen LogP contribution in [0.2, 0.25) is 0 Å². The number of nitriles is 1. The van der Waals surface area contributed by atoms with Gasteiger partial charge in [0.15, 0.2) is 0 Å². The maximum atomic E-state index is 13.0. The van der Waals surface area contributed by atoms with E-state index in [1.807, 2.05) is 6.07 Å². The Morgan fingerprint density at radius 1 is 1.00 bits per heavy atom. The fraction of sp³-hybridized carbons (Fsp3) is 0.111. The van der Waals surface area contributed by atoms with Gasteiger partial charge in [-0.1, -0.05) is 6.07 Å². The Balaban J connectivity index is 1.67. The quantitative estimate of drug-likeness (QED) is 0.658. The van der Waals surface area contributed by atoms with Crippen molar-refractivity contribution in [3.05, 3.63) is 65.5 Å². The van der Waals surface area contributed by atoms with Crippen LogP contribution >= 0.6 is 0 Å². The van der Waals surface area contributed by atoms with Gasteiger partial charge < -0.3 is 10.1 Å². The van der Waals surface area contributed by atoms with Crippen molar-refractivity contribution in [1.29, 1.82) is 5.26 Å². The third kappa shape index (κ3) is 6.56. The molecule has 3 amide bonds. The predicted molar refractivity (Wildman–Crippen MR) is 92.6 cm³/mol. The summed E-state index contributed by atoms with van der Waals surface area (Å²) in [5.41, 5.74) is 5.17. The number of hydrazine groups is 1. The second-order valence-electron chi connectivity index (χ2n) is 5.24. The van der Waals surface area contributed by atoms with E-state index in [0.29, 0.717) is 11.3 Å². The first-order valence-corrected chi connectivity index (χ1v) is 7.70. The zero-order valence-corrected chi connectivity index (χ0v) is 14.0. The molecule has 0 fully saturated rings. The average Bonchev–Trinajstić information content (AvgIpc) is 2.66. The Morgan fingerprint density at radius 2 is 1.70 bits per heavy atom. The van der Waals surface area contributed by atoms with E-state index < -0.39 is 30.1 Å². The number of nitrogens with zero attached hydrogens (tertiary/aromatic N) is 1. The number of amides is 3. The molecule has 0 heterocycles. The van der Waals surface area contributed by atoms with E-state index >= 15 is 0 Å². The molecule has 0 aliphatic heterocycles. The number of hydrogen-bond acceptors (Lipinski definition) is 5. The first-order chi connectivity index (χ1) is 13.0. The van der Waals surface area contributed by atoms with Crippen LogP contribution in [0.4, 0.5) is 10.1 Å². The molecule has 2 aromatic carbocycles. The molecule has 0 saturated carbocycles. The normalized spacial score (nSPS) is 9.78. The molecule has 2 rings (SSSR count). The molecular weight excluding hydrogens is 355 g/mol. The Labute approximate surface area is 153 Å². The first kappa shape index (κ1) is 19.6. The van der Waals surface area contributed by atoms with Crippen LogP contribution in [-0.4, -0.2) is 30.9 Å². The lowest BCUT2D eigenvalue weighted by Crippen LogP contribution is -2.43. The monoisotopic (exact) mass is 370 g/mol. The lowest BCUT2D eigenvalue weighted by molar-refractivity contribution is -0.129. The van der Waals surface area contributed by atoms with E-state index in [1.54, 1.807) is 24.3 Å². The van der Waals surface area contributed by atoms with Crippen LogP contribution in [0.5, 0.6) is 0 Å². The van der Waals surface area contributed by atoms with Gasteiger partial charge in [-0.05, 0) is 42.5 Å². The molecular formula is C18H15FN4O4. The van der Waals surface area contributed by atoms with Crippen molar-refractivity contribution in [3.8, 4) is 6.07 Å². The van der Waals surface area contributed by atoms with E-state index in [-0.39, 0.29) is 12.2 Å². The SMILES string of the molecule is N#Cc1ccc(NC(=O)COCC(=O)NNC(=O)c2cccc(F)c2)cc1. The highest BCUT2D eigenvalue weighted by Gasteiger charge is 2.09. The van der Waals surface area contributed by atoms with Crippen molar-refractivity contribution in [1.82, 2.24) is 10.9 Å². The molecule has 3 N–H and O–H groups in total.